The summed E-state index contributed by atoms with van der Waals surface area (Å²) in [5.41, 5.74) is 0.695. The monoisotopic (exact) mass is 287 g/mol. The number of nitrogens with one attached hydrogen (secondary N) is 3. The van der Waals surface area contributed by atoms with Crippen LogP contribution in [0.15, 0.2) is 12.5 Å². The Bertz CT molecular complexity index is 729. The molecule has 3 aromatic rings. The second kappa shape index (κ2) is 5.73. The minimum Gasteiger partial charge on any atom is -0.362 e. The largest absolute Gasteiger partial charge is 0.362 e. The van der Waals surface area contributed by atoms with E-state index in [4.69, 9.17) is 0 Å². The summed E-state index contributed by atoms with van der Waals surface area (Å²) in [5, 5.41) is 22.1. The second-order valence-corrected chi connectivity index (χ2v) is 4.45. The van der Waals surface area contributed by atoms with Gasteiger partial charge in [-0.05, 0) is 13.8 Å². The van der Waals surface area contributed by atoms with E-state index in [-0.39, 0.29) is 0 Å². The third kappa shape index (κ3) is 2.62. The highest BCUT2D eigenvalue weighted by molar-refractivity contribution is 5.86. The molecule has 0 radical (unpaired) electrons. The zero-order valence-electron chi connectivity index (χ0n) is 12.0. The molecule has 3 rings (SSSR count). The Balaban J connectivity index is 1.87. The summed E-state index contributed by atoms with van der Waals surface area (Å²) < 4.78 is 1.98. The number of aromatic nitrogens is 7. The first kappa shape index (κ1) is 13.3. The third-order valence-corrected chi connectivity index (χ3v) is 3.10. The zero-order chi connectivity index (χ0) is 14.7. The molecule has 9 nitrogen and oxygen atoms in total. The van der Waals surface area contributed by atoms with Crippen LogP contribution in [0.1, 0.15) is 19.7 Å². The van der Waals surface area contributed by atoms with Gasteiger partial charge in [0.2, 0.25) is 5.95 Å². The van der Waals surface area contributed by atoms with E-state index in [1.807, 2.05) is 11.5 Å². The lowest BCUT2D eigenvalue weighted by Crippen LogP contribution is -2.10. The molecule has 0 aliphatic carbocycles. The van der Waals surface area contributed by atoms with E-state index < -0.39 is 0 Å². The van der Waals surface area contributed by atoms with Gasteiger partial charge in [-0.3, -0.25) is 5.10 Å². The van der Waals surface area contributed by atoms with Crippen molar-refractivity contribution < 1.29 is 0 Å². The summed E-state index contributed by atoms with van der Waals surface area (Å²) in [6.45, 7) is 6.17. The van der Waals surface area contributed by atoms with Gasteiger partial charge in [-0.2, -0.15) is 15.1 Å². The summed E-state index contributed by atoms with van der Waals surface area (Å²) >= 11 is 0. The first-order chi connectivity index (χ1) is 10.3. The van der Waals surface area contributed by atoms with E-state index in [9.17, 15) is 0 Å². The molecule has 0 saturated carbocycles. The van der Waals surface area contributed by atoms with Crippen LogP contribution in [0.2, 0.25) is 0 Å². The summed E-state index contributed by atoms with van der Waals surface area (Å²) in [7, 11) is 0. The van der Waals surface area contributed by atoms with Gasteiger partial charge in [0, 0.05) is 13.1 Å². The summed E-state index contributed by atoms with van der Waals surface area (Å²) in [6.07, 6.45) is 3.42. The molecule has 21 heavy (non-hydrogen) atoms. The van der Waals surface area contributed by atoms with Crippen LogP contribution >= 0.6 is 0 Å². The number of hydrogen-bond donors (Lipinski definition) is 3. The molecule has 0 bridgehead atoms. The number of H-pyrrole nitrogens is 1. The minimum atomic E-state index is 0.538. The van der Waals surface area contributed by atoms with E-state index >= 15 is 0 Å². The van der Waals surface area contributed by atoms with Gasteiger partial charge in [0.05, 0.1) is 18.1 Å². The average Bonchev–Trinajstić information content (AvgIpc) is 3.13. The van der Waals surface area contributed by atoms with Crippen LogP contribution in [0.5, 0.6) is 0 Å². The predicted molar refractivity (Wildman–Crippen MR) is 78.9 cm³/mol. The van der Waals surface area contributed by atoms with Crippen molar-refractivity contribution in [1.82, 2.24) is 34.9 Å². The molecule has 3 heterocycles. The average molecular weight is 287 g/mol. The second-order valence-electron chi connectivity index (χ2n) is 4.45. The van der Waals surface area contributed by atoms with Crippen LogP contribution in [0.4, 0.5) is 11.8 Å². The molecule has 3 N–H and O–H groups in total. The summed E-state index contributed by atoms with van der Waals surface area (Å²) in [6, 6.07) is 0. The van der Waals surface area contributed by atoms with Crippen molar-refractivity contribution in [2.45, 2.75) is 26.9 Å². The standard InChI is InChI=1S/C12H17N9/c1-3-13-12-17-10(8-5-15-20-11(8)18-12)14-6-9-19-16-7-21(9)4-2/h5,7H,3-4,6H2,1-2H3,(H3,13,14,15,17,18,20). The number of aromatic amines is 1. The Morgan fingerprint density at radius 3 is 2.95 bits per heavy atom. The fourth-order valence-corrected chi connectivity index (χ4v) is 2.05. The van der Waals surface area contributed by atoms with Gasteiger partial charge in [-0.15, -0.1) is 10.2 Å². The fraction of sp³-hybridized carbons (Fsp3) is 0.417. The molecule has 0 fully saturated rings. The Labute approximate surface area is 121 Å². The van der Waals surface area contributed by atoms with Crippen molar-refractivity contribution in [3.05, 3.63) is 18.3 Å². The Morgan fingerprint density at radius 1 is 1.24 bits per heavy atom. The van der Waals surface area contributed by atoms with Crippen molar-refractivity contribution in [3.63, 3.8) is 0 Å². The Hall–Kier alpha value is -2.71. The van der Waals surface area contributed by atoms with E-state index in [2.05, 4.69) is 47.9 Å². The van der Waals surface area contributed by atoms with Gasteiger partial charge >= 0.3 is 0 Å². The zero-order valence-corrected chi connectivity index (χ0v) is 12.0. The molecule has 0 aliphatic rings. The molecule has 0 amide bonds. The molecule has 3 aromatic heterocycles. The quantitative estimate of drug-likeness (QED) is 0.620. The number of aryl methyl sites for hydroxylation is 1. The van der Waals surface area contributed by atoms with Crippen LogP contribution < -0.4 is 10.6 Å². The molecule has 0 unspecified atom stereocenters. The lowest BCUT2D eigenvalue weighted by molar-refractivity contribution is 0.707. The first-order valence-corrected chi connectivity index (χ1v) is 6.87. The van der Waals surface area contributed by atoms with Crippen molar-refractivity contribution in [2.24, 2.45) is 0 Å². The van der Waals surface area contributed by atoms with Crippen molar-refractivity contribution in [2.75, 3.05) is 17.2 Å². The SMILES string of the molecule is CCNc1nc(NCc2nncn2CC)c2cn[nH]c2n1. The van der Waals surface area contributed by atoms with Crippen LogP contribution in [0.25, 0.3) is 11.0 Å². The van der Waals surface area contributed by atoms with Crippen LogP contribution in [0, 0.1) is 0 Å². The summed E-state index contributed by atoms with van der Waals surface area (Å²) in [5.74, 6) is 2.14. The van der Waals surface area contributed by atoms with Gasteiger partial charge in [0.15, 0.2) is 11.5 Å². The van der Waals surface area contributed by atoms with Crippen LogP contribution in [-0.2, 0) is 13.1 Å². The maximum atomic E-state index is 4.47. The minimum absolute atomic E-state index is 0.538. The maximum absolute atomic E-state index is 4.47. The van der Waals surface area contributed by atoms with Gasteiger partial charge in [-0.25, -0.2) is 0 Å². The van der Waals surface area contributed by atoms with Crippen molar-refractivity contribution in [1.29, 1.82) is 0 Å². The number of anilines is 2. The highest BCUT2D eigenvalue weighted by atomic mass is 15.3. The van der Waals surface area contributed by atoms with Gasteiger partial charge < -0.3 is 15.2 Å². The van der Waals surface area contributed by atoms with Crippen molar-refractivity contribution in [3.8, 4) is 0 Å². The van der Waals surface area contributed by atoms with Gasteiger partial charge in [0.1, 0.15) is 12.1 Å². The van der Waals surface area contributed by atoms with Gasteiger partial charge in [0.25, 0.3) is 0 Å². The lowest BCUT2D eigenvalue weighted by Gasteiger charge is -2.09. The topological polar surface area (TPSA) is 109 Å². The third-order valence-electron chi connectivity index (χ3n) is 3.10. The van der Waals surface area contributed by atoms with Crippen LogP contribution in [0.3, 0.4) is 0 Å². The smallest absolute Gasteiger partial charge is 0.226 e. The molecule has 0 saturated heterocycles. The molecule has 0 aromatic carbocycles. The molecular formula is C12H17N9. The number of rotatable bonds is 6. The fourth-order valence-electron chi connectivity index (χ4n) is 2.05. The highest BCUT2D eigenvalue weighted by Gasteiger charge is 2.10. The number of hydrogen-bond acceptors (Lipinski definition) is 7. The molecule has 9 heteroatoms. The van der Waals surface area contributed by atoms with E-state index in [1.54, 1.807) is 12.5 Å². The maximum Gasteiger partial charge on any atom is 0.226 e. The molecule has 0 spiro atoms. The van der Waals surface area contributed by atoms with Crippen LogP contribution in [-0.4, -0.2) is 41.5 Å². The van der Waals surface area contributed by atoms with E-state index in [0.717, 1.165) is 30.1 Å². The van der Waals surface area contributed by atoms with Crippen molar-refractivity contribution >= 4 is 22.8 Å². The molecular weight excluding hydrogens is 270 g/mol. The lowest BCUT2D eigenvalue weighted by atomic mass is 10.4. The number of nitrogens with zero attached hydrogens (tertiary/aromatic N) is 6. The molecule has 0 aliphatic heterocycles. The molecule has 0 atom stereocenters. The molecule has 110 valence electrons. The first-order valence-electron chi connectivity index (χ1n) is 6.87. The van der Waals surface area contributed by atoms with Gasteiger partial charge in [-0.1, -0.05) is 0 Å². The van der Waals surface area contributed by atoms with E-state index in [1.165, 1.54) is 0 Å². The normalized spacial score (nSPS) is 11.0. The number of fused-ring (bicyclic) bond motifs is 1. The Morgan fingerprint density at radius 2 is 2.14 bits per heavy atom. The highest BCUT2D eigenvalue weighted by Crippen LogP contribution is 2.20. The summed E-state index contributed by atoms with van der Waals surface area (Å²) in [4.78, 5) is 8.82. The Kier molecular flexibility index (Phi) is 3.63. The van der Waals surface area contributed by atoms with E-state index in [0.29, 0.717) is 18.1 Å². The predicted octanol–water partition coefficient (Wildman–Crippen LogP) is 1.01.